The second-order valence-electron chi connectivity index (χ2n) is 8.21. The van der Waals surface area contributed by atoms with Crippen molar-refractivity contribution >= 4 is 23.2 Å². The van der Waals surface area contributed by atoms with E-state index in [1.54, 1.807) is 4.90 Å². The lowest BCUT2D eigenvalue weighted by Crippen LogP contribution is -2.53. The SMILES string of the molecule is CN(Cc1ccc(N(C)C)cc1)C(=O)CN(C)C1CCCN(c2ccccc2)C1=O. The lowest BCUT2D eigenvalue weighted by molar-refractivity contribution is -0.133. The standard InChI is InChI=1S/C24H32N4O2/c1-25(2)20-14-12-19(13-15-20)17-27(4)23(29)18-26(3)22-11-8-16-28(24(22)30)21-9-6-5-7-10-21/h5-7,9-10,12-15,22H,8,11,16-18H2,1-4H3. The van der Waals surface area contributed by atoms with E-state index in [0.29, 0.717) is 6.54 Å². The third-order valence-electron chi connectivity index (χ3n) is 5.69. The Hall–Kier alpha value is -2.86. The number of hydrogen-bond acceptors (Lipinski definition) is 4. The number of para-hydroxylation sites is 1. The Morgan fingerprint density at radius 2 is 1.67 bits per heavy atom. The van der Waals surface area contributed by atoms with Gasteiger partial charge in [0.2, 0.25) is 11.8 Å². The Labute approximate surface area is 179 Å². The highest BCUT2D eigenvalue weighted by Gasteiger charge is 2.33. The number of piperidine rings is 1. The van der Waals surface area contributed by atoms with Gasteiger partial charge in [-0.05, 0) is 49.7 Å². The third kappa shape index (κ3) is 5.19. The normalized spacial score (nSPS) is 16.6. The predicted octanol–water partition coefficient (Wildman–Crippen LogP) is 2.84. The van der Waals surface area contributed by atoms with E-state index < -0.39 is 0 Å². The Kier molecular flexibility index (Phi) is 7.11. The first-order valence-electron chi connectivity index (χ1n) is 10.4. The molecule has 0 saturated carbocycles. The van der Waals surface area contributed by atoms with Gasteiger partial charge in [-0.3, -0.25) is 14.5 Å². The number of amides is 2. The highest BCUT2D eigenvalue weighted by atomic mass is 16.2. The van der Waals surface area contributed by atoms with E-state index in [2.05, 4.69) is 12.1 Å². The summed E-state index contributed by atoms with van der Waals surface area (Å²) in [4.78, 5) is 33.3. The van der Waals surface area contributed by atoms with Crippen molar-refractivity contribution < 1.29 is 9.59 Å². The summed E-state index contributed by atoms with van der Waals surface area (Å²) >= 11 is 0. The van der Waals surface area contributed by atoms with Gasteiger partial charge in [0.1, 0.15) is 0 Å². The van der Waals surface area contributed by atoms with Crippen molar-refractivity contribution in [3.8, 4) is 0 Å². The number of likely N-dealkylation sites (N-methyl/N-ethyl adjacent to an activating group) is 2. The van der Waals surface area contributed by atoms with Crippen LogP contribution in [0.5, 0.6) is 0 Å². The van der Waals surface area contributed by atoms with Crippen LogP contribution in [0.4, 0.5) is 11.4 Å². The smallest absolute Gasteiger partial charge is 0.244 e. The number of benzene rings is 2. The zero-order valence-electron chi connectivity index (χ0n) is 18.4. The van der Waals surface area contributed by atoms with Crippen molar-refractivity contribution in [1.82, 2.24) is 9.80 Å². The molecule has 30 heavy (non-hydrogen) atoms. The summed E-state index contributed by atoms with van der Waals surface area (Å²) < 4.78 is 0. The minimum Gasteiger partial charge on any atom is -0.378 e. The van der Waals surface area contributed by atoms with Crippen molar-refractivity contribution in [1.29, 1.82) is 0 Å². The number of rotatable bonds is 7. The topological polar surface area (TPSA) is 47.1 Å². The number of hydrogen-bond donors (Lipinski definition) is 0. The summed E-state index contributed by atoms with van der Waals surface area (Å²) in [5.74, 6) is 0.0866. The maximum atomic E-state index is 13.1. The summed E-state index contributed by atoms with van der Waals surface area (Å²) in [6.07, 6.45) is 1.71. The second-order valence-corrected chi connectivity index (χ2v) is 8.21. The van der Waals surface area contributed by atoms with Crippen LogP contribution in [0.1, 0.15) is 18.4 Å². The van der Waals surface area contributed by atoms with Crippen LogP contribution >= 0.6 is 0 Å². The fourth-order valence-corrected chi connectivity index (χ4v) is 3.84. The molecule has 1 atom stereocenters. The molecule has 0 aliphatic carbocycles. The van der Waals surface area contributed by atoms with Crippen LogP contribution in [0.15, 0.2) is 54.6 Å². The van der Waals surface area contributed by atoms with Gasteiger partial charge in [0.25, 0.3) is 0 Å². The van der Waals surface area contributed by atoms with E-state index in [-0.39, 0.29) is 24.4 Å². The van der Waals surface area contributed by atoms with Gasteiger partial charge in [-0.2, -0.15) is 0 Å². The quantitative estimate of drug-likeness (QED) is 0.707. The molecule has 0 bridgehead atoms. The molecule has 1 saturated heterocycles. The van der Waals surface area contributed by atoms with E-state index in [9.17, 15) is 9.59 Å². The minimum absolute atomic E-state index is 0.0128. The number of nitrogens with zero attached hydrogens (tertiary/aromatic N) is 4. The molecule has 160 valence electrons. The fraction of sp³-hybridized carbons (Fsp3) is 0.417. The summed E-state index contributed by atoms with van der Waals surface area (Å²) in [6, 6.07) is 17.7. The summed E-state index contributed by atoms with van der Waals surface area (Å²) in [5, 5.41) is 0. The first-order valence-corrected chi connectivity index (χ1v) is 10.4. The Bertz CT molecular complexity index is 851. The van der Waals surface area contributed by atoms with Crippen LogP contribution in [-0.4, -0.2) is 68.9 Å². The van der Waals surface area contributed by atoms with E-state index >= 15 is 0 Å². The maximum absolute atomic E-state index is 13.1. The molecule has 2 aromatic rings. The van der Waals surface area contributed by atoms with Crippen LogP contribution in [0.3, 0.4) is 0 Å². The highest BCUT2D eigenvalue weighted by molar-refractivity contribution is 5.98. The molecule has 6 nitrogen and oxygen atoms in total. The van der Waals surface area contributed by atoms with Crippen LogP contribution in [0, 0.1) is 0 Å². The molecule has 1 heterocycles. The zero-order valence-corrected chi connectivity index (χ0v) is 18.4. The lowest BCUT2D eigenvalue weighted by atomic mass is 10.0. The van der Waals surface area contributed by atoms with Crippen molar-refractivity contribution in [3.05, 3.63) is 60.2 Å². The van der Waals surface area contributed by atoms with Crippen molar-refractivity contribution in [2.24, 2.45) is 0 Å². The van der Waals surface area contributed by atoms with Gasteiger partial charge in [-0.25, -0.2) is 0 Å². The molecule has 0 N–H and O–H groups in total. The Morgan fingerprint density at radius 3 is 2.30 bits per heavy atom. The van der Waals surface area contributed by atoms with Crippen molar-refractivity contribution in [2.45, 2.75) is 25.4 Å². The third-order valence-corrected chi connectivity index (χ3v) is 5.69. The number of carbonyl (C=O) groups is 2. The maximum Gasteiger partial charge on any atom is 0.244 e. The zero-order chi connectivity index (χ0) is 21.7. The average molecular weight is 409 g/mol. The van der Waals surface area contributed by atoms with Gasteiger partial charge in [0.05, 0.1) is 12.6 Å². The van der Waals surface area contributed by atoms with E-state index in [4.69, 9.17) is 0 Å². The van der Waals surface area contributed by atoms with E-state index in [1.165, 1.54) is 0 Å². The summed E-state index contributed by atoms with van der Waals surface area (Å²) in [7, 11) is 7.70. The van der Waals surface area contributed by atoms with E-state index in [1.807, 2.05) is 85.4 Å². The first-order chi connectivity index (χ1) is 14.4. The molecular weight excluding hydrogens is 376 g/mol. The predicted molar refractivity (Wildman–Crippen MR) is 122 cm³/mol. The summed E-state index contributed by atoms with van der Waals surface area (Å²) in [6.45, 7) is 1.50. The van der Waals surface area contributed by atoms with Gasteiger partial charge < -0.3 is 14.7 Å². The molecule has 0 aromatic heterocycles. The van der Waals surface area contributed by atoms with Gasteiger partial charge in [-0.1, -0.05) is 30.3 Å². The van der Waals surface area contributed by atoms with Crippen LogP contribution in [0.25, 0.3) is 0 Å². The Balaban J connectivity index is 1.58. The molecule has 2 aromatic carbocycles. The fourth-order valence-electron chi connectivity index (χ4n) is 3.84. The molecule has 1 unspecified atom stereocenters. The van der Waals surface area contributed by atoms with Gasteiger partial charge in [-0.15, -0.1) is 0 Å². The molecule has 1 aliphatic heterocycles. The molecule has 1 fully saturated rings. The summed E-state index contributed by atoms with van der Waals surface area (Å²) in [5.41, 5.74) is 3.14. The molecule has 2 amide bonds. The molecule has 6 heteroatoms. The minimum atomic E-state index is -0.268. The van der Waals surface area contributed by atoms with Crippen LogP contribution in [0.2, 0.25) is 0 Å². The first kappa shape index (κ1) is 21.8. The molecule has 3 rings (SSSR count). The number of carbonyl (C=O) groups excluding carboxylic acids is 2. The van der Waals surface area contributed by atoms with Crippen molar-refractivity contribution in [2.75, 3.05) is 51.1 Å². The molecular formula is C24H32N4O2. The largest absolute Gasteiger partial charge is 0.378 e. The highest BCUT2D eigenvalue weighted by Crippen LogP contribution is 2.23. The van der Waals surface area contributed by atoms with Gasteiger partial charge in [0, 0.05) is 45.6 Å². The second kappa shape index (κ2) is 9.76. The average Bonchev–Trinajstić information content (AvgIpc) is 2.74. The lowest BCUT2D eigenvalue weighted by Gasteiger charge is -2.37. The van der Waals surface area contributed by atoms with Crippen LogP contribution in [-0.2, 0) is 16.1 Å². The van der Waals surface area contributed by atoms with E-state index in [0.717, 1.165) is 36.3 Å². The number of anilines is 2. The Morgan fingerprint density at radius 1 is 1.00 bits per heavy atom. The molecule has 0 radical (unpaired) electrons. The molecule has 0 spiro atoms. The van der Waals surface area contributed by atoms with Crippen LogP contribution < -0.4 is 9.80 Å². The molecule has 1 aliphatic rings. The van der Waals surface area contributed by atoms with Crippen molar-refractivity contribution in [3.63, 3.8) is 0 Å². The van der Waals surface area contributed by atoms with Gasteiger partial charge >= 0.3 is 0 Å². The van der Waals surface area contributed by atoms with Gasteiger partial charge in [0.15, 0.2) is 0 Å². The monoisotopic (exact) mass is 408 g/mol.